The fourth-order valence-corrected chi connectivity index (χ4v) is 2.46. The van der Waals surface area contributed by atoms with E-state index in [9.17, 15) is 9.59 Å². The fourth-order valence-electron chi connectivity index (χ4n) is 2.20. The zero-order chi connectivity index (χ0) is 14.6. The van der Waals surface area contributed by atoms with Crippen molar-refractivity contribution in [2.75, 3.05) is 7.11 Å². The summed E-state index contributed by atoms with van der Waals surface area (Å²) in [5.41, 5.74) is 0.436. The Morgan fingerprint density at radius 2 is 1.79 bits per heavy atom. The van der Waals surface area contributed by atoms with Gasteiger partial charge in [0.05, 0.1) is 5.41 Å². The molecule has 0 spiro atoms. The Kier molecular flexibility index (Phi) is 5.26. The van der Waals surface area contributed by atoms with Crippen LogP contribution < -0.4 is 5.32 Å². The second-order valence-corrected chi connectivity index (χ2v) is 5.66. The van der Waals surface area contributed by atoms with Crippen LogP contribution in [0, 0.1) is 5.41 Å². The van der Waals surface area contributed by atoms with Crippen molar-refractivity contribution < 1.29 is 14.7 Å². The lowest BCUT2D eigenvalue weighted by Gasteiger charge is -2.28. The van der Waals surface area contributed by atoms with Crippen LogP contribution in [0.5, 0.6) is 0 Å². The van der Waals surface area contributed by atoms with Crippen LogP contribution >= 0.6 is 15.9 Å². The van der Waals surface area contributed by atoms with Crippen LogP contribution in [0.3, 0.4) is 0 Å². The van der Waals surface area contributed by atoms with Crippen molar-refractivity contribution in [2.45, 2.75) is 26.2 Å². The van der Waals surface area contributed by atoms with Gasteiger partial charge < -0.3 is 5.11 Å². The van der Waals surface area contributed by atoms with Gasteiger partial charge in [-0.2, -0.15) is 0 Å². The van der Waals surface area contributed by atoms with Crippen LogP contribution in [0.4, 0.5) is 0 Å². The van der Waals surface area contributed by atoms with Crippen molar-refractivity contribution in [1.82, 2.24) is 5.32 Å². The number of amides is 2. The maximum Gasteiger partial charge on any atom is 0.233 e. The molecule has 0 radical (unpaired) electrons. The number of aliphatic hydroxyl groups excluding tert-OH is 1. The van der Waals surface area contributed by atoms with Crippen LogP contribution in [0.15, 0.2) is 28.7 Å². The van der Waals surface area contributed by atoms with Gasteiger partial charge in [0.2, 0.25) is 11.8 Å². The highest BCUT2D eigenvalue weighted by Crippen LogP contribution is 2.41. The molecule has 1 aromatic carbocycles. The molecule has 5 heteroatoms. The molecule has 0 saturated carbocycles. The minimum atomic E-state index is -0.634. The molecule has 1 aromatic rings. The monoisotopic (exact) mass is 327 g/mol. The molecule has 4 nitrogen and oxygen atoms in total. The molecule has 19 heavy (non-hydrogen) atoms. The van der Waals surface area contributed by atoms with Gasteiger partial charge in [-0.25, -0.2) is 0 Å². The number of aliphatic hydroxyl groups is 1. The molecular weight excluding hydrogens is 310 g/mol. The molecule has 1 aliphatic rings. The summed E-state index contributed by atoms with van der Waals surface area (Å²) in [7, 11) is 1.00. The lowest BCUT2D eigenvalue weighted by Crippen LogP contribution is -2.33. The zero-order valence-corrected chi connectivity index (χ0v) is 12.8. The average molecular weight is 328 g/mol. The zero-order valence-electron chi connectivity index (χ0n) is 11.2. The topological polar surface area (TPSA) is 66.4 Å². The van der Waals surface area contributed by atoms with Crippen LogP contribution in [0.2, 0.25) is 0 Å². The van der Waals surface area contributed by atoms with E-state index in [1.54, 1.807) is 0 Å². The van der Waals surface area contributed by atoms with Gasteiger partial charge in [-0.05, 0) is 30.5 Å². The van der Waals surface area contributed by atoms with E-state index in [-0.39, 0.29) is 24.2 Å². The third kappa shape index (κ3) is 3.22. The summed E-state index contributed by atoms with van der Waals surface area (Å²) in [5, 5.41) is 9.38. The molecule has 2 amide bonds. The average Bonchev–Trinajstić information content (AvgIpc) is 2.66. The first-order valence-corrected chi connectivity index (χ1v) is 6.77. The van der Waals surface area contributed by atoms with Crippen LogP contribution in [-0.4, -0.2) is 24.0 Å². The SMILES string of the molecule is CC(c1ccc(Br)cc1)[C@]1(C)CC(=O)NC1=O.CO. The molecule has 0 aliphatic carbocycles. The number of carbonyl (C=O) groups is 2. The third-order valence-electron chi connectivity index (χ3n) is 3.63. The van der Waals surface area contributed by atoms with Gasteiger partial charge in [-0.15, -0.1) is 0 Å². The van der Waals surface area contributed by atoms with Crippen molar-refractivity contribution in [3.63, 3.8) is 0 Å². The second-order valence-electron chi connectivity index (χ2n) is 4.74. The first-order chi connectivity index (χ1) is 8.93. The van der Waals surface area contributed by atoms with E-state index in [0.717, 1.165) is 17.1 Å². The molecule has 0 aromatic heterocycles. The molecule has 2 atom stereocenters. The summed E-state index contributed by atoms with van der Waals surface area (Å²) in [6, 6.07) is 7.86. The number of halogens is 1. The van der Waals surface area contributed by atoms with Gasteiger partial charge in [0.15, 0.2) is 0 Å². The lowest BCUT2D eigenvalue weighted by molar-refractivity contribution is -0.128. The van der Waals surface area contributed by atoms with Crippen molar-refractivity contribution in [1.29, 1.82) is 0 Å². The smallest absolute Gasteiger partial charge is 0.233 e. The molecule has 1 unspecified atom stereocenters. The number of nitrogens with one attached hydrogen (secondary N) is 1. The third-order valence-corrected chi connectivity index (χ3v) is 4.15. The summed E-state index contributed by atoms with van der Waals surface area (Å²) in [4.78, 5) is 23.2. The van der Waals surface area contributed by atoms with Gasteiger partial charge in [0, 0.05) is 18.0 Å². The lowest BCUT2D eigenvalue weighted by atomic mass is 9.73. The predicted octanol–water partition coefficient (Wildman–Crippen LogP) is 2.21. The van der Waals surface area contributed by atoms with Crippen LogP contribution in [0.1, 0.15) is 31.7 Å². The Morgan fingerprint density at radius 3 is 2.21 bits per heavy atom. The molecule has 1 saturated heterocycles. The molecule has 1 heterocycles. The van der Waals surface area contributed by atoms with E-state index >= 15 is 0 Å². The summed E-state index contributed by atoms with van der Waals surface area (Å²) < 4.78 is 1.01. The van der Waals surface area contributed by atoms with Gasteiger partial charge in [-0.1, -0.05) is 35.0 Å². The number of rotatable bonds is 2. The van der Waals surface area contributed by atoms with Gasteiger partial charge in [-0.3, -0.25) is 14.9 Å². The highest BCUT2D eigenvalue weighted by atomic mass is 79.9. The minimum absolute atomic E-state index is 0.0158. The van der Waals surface area contributed by atoms with Crippen molar-refractivity contribution in [3.8, 4) is 0 Å². The van der Waals surface area contributed by atoms with E-state index in [1.165, 1.54) is 0 Å². The highest BCUT2D eigenvalue weighted by Gasteiger charge is 2.46. The Labute approximate surface area is 121 Å². The minimum Gasteiger partial charge on any atom is -0.400 e. The van der Waals surface area contributed by atoms with E-state index in [2.05, 4.69) is 21.2 Å². The molecule has 2 N–H and O–H groups in total. The van der Waals surface area contributed by atoms with E-state index in [0.29, 0.717) is 0 Å². The molecule has 1 fully saturated rings. The van der Waals surface area contributed by atoms with Gasteiger partial charge in [0.25, 0.3) is 0 Å². The number of imide groups is 1. The van der Waals surface area contributed by atoms with E-state index in [1.807, 2.05) is 38.1 Å². The Balaban J connectivity index is 0.000000861. The van der Waals surface area contributed by atoms with Crippen molar-refractivity contribution in [3.05, 3.63) is 34.3 Å². The summed E-state index contributed by atoms with van der Waals surface area (Å²) in [6.45, 7) is 3.83. The standard InChI is InChI=1S/C13H14BrNO2.CH4O/c1-8(9-3-5-10(14)6-4-9)13(2)7-11(16)15-12(13)17;1-2/h3-6,8H,7H2,1-2H3,(H,15,16,17);2H,1H3/t8?,13-;/m0./s1. The quantitative estimate of drug-likeness (QED) is 0.818. The Hall–Kier alpha value is -1.20. The predicted molar refractivity (Wildman–Crippen MR) is 76.6 cm³/mol. The largest absolute Gasteiger partial charge is 0.400 e. The summed E-state index contributed by atoms with van der Waals surface area (Å²) in [5.74, 6) is -0.332. The number of hydrogen-bond donors (Lipinski definition) is 2. The Bertz CT molecular complexity index is 472. The first kappa shape index (κ1) is 15.9. The maximum atomic E-state index is 11.8. The van der Waals surface area contributed by atoms with Crippen molar-refractivity contribution in [2.24, 2.45) is 5.41 Å². The molecule has 0 bridgehead atoms. The first-order valence-electron chi connectivity index (χ1n) is 5.98. The molecule has 1 aliphatic heterocycles. The molecule has 2 rings (SSSR count). The second kappa shape index (κ2) is 6.30. The Morgan fingerprint density at radius 1 is 1.26 bits per heavy atom. The number of benzene rings is 1. The fraction of sp³-hybridized carbons (Fsp3) is 0.429. The maximum absolute atomic E-state index is 11.8. The van der Waals surface area contributed by atoms with Gasteiger partial charge in [0.1, 0.15) is 0 Å². The van der Waals surface area contributed by atoms with Crippen molar-refractivity contribution >= 4 is 27.7 Å². The van der Waals surface area contributed by atoms with Crippen LogP contribution in [-0.2, 0) is 9.59 Å². The number of carbonyl (C=O) groups excluding carboxylic acids is 2. The number of hydrogen-bond acceptors (Lipinski definition) is 3. The summed E-state index contributed by atoms with van der Waals surface area (Å²) >= 11 is 3.38. The van der Waals surface area contributed by atoms with Gasteiger partial charge >= 0.3 is 0 Å². The molecule has 104 valence electrons. The normalized spacial score (nSPS) is 23.4. The highest BCUT2D eigenvalue weighted by molar-refractivity contribution is 9.10. The van der Waals surface area contributed by atoms with E-state index < -0.39 is 5.41 Å². The molecular formula is C14H18BrNO3. The summed E-state index contributed by atoms with van der Waals surface area (Å²) in [6.07, 6.45) is 0.267. The van der Waals surface area contributed by atoms with Crippen LogP contribution in [0.25, 0.3) is 0 Å². The van der Waals surface area contributed by atoms with E-state index in [4.69, 9.17) is 5.11 Å².